The number of quaternary nitrogens is 2. The Kier molecular flexibility index (Phi) is 8.86. The largest absolute Gasteiger partial charge is 0.496 e. The molecule has 8 N–H and O–H groups in total. The van der Waals surface area contributed by atoms with Crippen molar-refractivity contribution in [2.45, 2.75) is 57.7 Å². The van der Waals surface area contributed by atoms with Crippen molar-refractivity contribution in [3.63, 3.8) is 0 Å². The Morgan fingerprint density at radius 1 is 1.32 bits per heavy atom. The Labute approximate surface area is 270 Å². The average molecular weight is 654 g/mol. The van der Waals surface area contributed by atoms with Crippen LogP contribution in [0.1, 0.15) is 43.4 Å². The van der Waals surface area contributed by atoms with Crippen LogP contribution in [-0.2, 0) is 27.4 Å². The number of nitrogens with one attached hydrogen (secondary N) is 5. The first-order valence-corrected chi connectivity index (χ1v) is 15.4. The number of methoxy groups -OCH3 is 1. The first kappa shape index (κ1) is 32.3. The van der Waals surface area contributed by atoms with Crippen molar-refractivity contribution in [3.8, 4) is 17.2 Å². The van der Waals surface area contributed by atoms with E-state index in [-0.39, 0.29) is 55.8 Å². The fraction of sp³-hybridized carbons (Fsp3) is 0.452. The summed E-state index contributed by atoms with van der Waals surface area (Å²) in [6.07, 6.45) is 7.13. The standard InChI is InChI=1S/C31H37N7O9/c1-4-45-28(42)19-12-16(6-9-37-10-8-33-30(37)38-15-34-22-26(38)35-29(32)36-27(22)41)21-24(44-3)17-13-20(31(2,43)7-5-11-39)47-23(17)18(14-40)25(21)46-19/h6,8,10,12,20,30,33,39-40,43H,4-5,7,9,11,13-15H2,1-3H3,(H2,32,36,41)/p+2. The molecule has 0 radical (unpaired) electrons. The van der Waals surface area contributed by atoms with Crippen molar-refractivity contribution in [2.24, 2.45) is 9.98 Å². The fourth-order valence-corrected chi connectivity index (χ4v) is 6.49. The molecular formula is C31H39N7O9+2. The first-order chi connectivity index (χ1) is 22.6. The third-order valence-electron chi connectivity index (χ3n) is 8.80. The molecule has 0 aromatic heterocycles. The van der Waals surface area contributed by atoms with E-state index in [1.54, 1.807) is 26.1 Å². The van der Waals surface area contributed by atoms with Gasteiger partial charge < -0.3 is 34.3 Å². The number of guanidine groups is 1. The summed E-state index contributed by atoms with van der Waals surface area (Å²) < 4.78 is 23.6. The minimum Gasteiger partial charge on any atom is -0.496 e. The third-order valence-corrected chi connectivity index (χ3v) is 8.80. The van der Waals surface area contributed by atoms with Crippen molar-refractivity contribution < 1.29 is 53.7 Å². The Hall–Kier alpha value is -4.61. The van der Waals surface area contributed by atoms with Gasteiger partial charge in [0.05, 0.1) is 43.3 Å². The first-order valence-electron chi connectivity index (χ1n) is 15.4. The predicted octanol–water partition coefficient (Wildman–Crippen LogP) is -2.76. The summed E-state index contributed by atoms with van der Waals surface area (Å²) in [6.45, 7) is 3.53. The molecule has 0 aliphatic carbocycles. The molecule has 1 aromatic rings. The molecule has 0 saturated carbocycles. The van der Waals surface area contributed by atoms with Crippen LogP contribution < -0.4 is 34.6 Å². The maximum atomic E-state index is 13.0. The lowest BCUT2D eigenvalue weighted by Crippen LogP contribution is -3.36. The zero-order valence-electron chi connectivity index (χ0n) is 26.3. The highest BCUT2D eigenvalue weighted by molar-refractivity contribution is 6.68. The van der Waals surface area contributed by atoms with E-state index in [2.05, 4.69) is 20.6 Å². The van der Waals surface area contributed by atoms with Gasteiger partial charge in [0.1, 0.15) is 36.1 Å². The van der Waals surface area contributed by atoms with E-state index in [0.29, 0.717) is 59.0 Å². The molecule has 5 unspecified atom stereocenters. The predicted molar refractivity (Wildman–Crippen MR) is 166 cm³/mol. The second kappa shape index (κ2) is 12.9. The van der Waals surface area contributed by atoms with Gasteiger partial charge in [0.25, 0.3) is 11.7 Å². The van der Waals surface area contributed by atoms with Gasteiger partial charge in [-0.25, -0.2) is 14.7 Å². The maximum Gasteiger partial charge on any atom is 0.374 e. The SMILES string of the molecule is CCOC(=O)C1=CC(=CC[NH+]2C=CNC2[NH+]2CN=C3C(=O)NC(=N)N=C32)c2c(OC)c3c(c(CO)c2O1)OC(C(C)(O)CCCO)C3. The number of aliphatic imine (C=N–C) groups is 2. The molecule has 5 heterocycles. The summed E-state index contributed by atoms with van der Waals surface area (Å²) in [6, 6.07) is 0. The molecule has 0 bridgehead atoms. The molecular weight excluding hydrogens is 614 g/mol. The fourth-order valence-electron chi connectivity index (χ4n) is 6.49. The molecule has 5 aliphatic rings. The molecule has 6 rings (SSSR count). The van der Waals surface area contributed by atoms with Crippen LogP contribution in [0.5, 0.6) is 17.2 Å². The van der Waals surface area contributed by atoms with Crippen molar-refractivity contribution >= 4 is 35.0 Å². The molecule has 0 fully saturated rings. The van der Waals surface area contributed by atoms with Crippen LogP contribution in [-0.4, -0.2) is 96.2 Å². The Morgan fingerprint density at radius 2 is 2.13 bits per heavy atom. The number of hydrogen-bond donors (Lipinski definition) is 8. The van der Waals surface area contributed by atoms with Crippen molar-refractivity contribution in [2.75, 3.05) is 33.5 Å². The van der Waals surface area contributed by atoms with Crippen LogP contribution in [0.15, 0.2) is 40.3 Å². The second-order valence-corrected chi connectivity index (χ2v) is 11.8. The number of fused-ring (bicyclic) bond motifs is 3. The Morgan fingerprint density at radius 3 is 2.85 bits per heavy atom. The zero-order chi connectivity index (χ0) is 33.5. The number of carbonyl (C=O) groups is 2. The highest BCUT2D eigenvalue weighted by atomic mass is 16.6. The quantitative estimate of drug-likeness (QED) is 0.115. The lowest BCUT2D eigenvalue weighted by Gasteiger charge is -2.29. The number of nitrogens with zero attached hydrogens (tertiary/aromatic N) is 2. The second-order valence-electron chi connectivity index (χ2n) is 11.8. The molecule has 16 nitrogen and oxygen atoms in total. The van der Waals surface area contributed by atoms with Gasteiger partial charge in [-0.15, -0.1) is 0 Å². The Balaban J connectivity index is 1.38. The van der Waals surface area contributed by atoms with Gasteiger partial charge in [-0.2, -0.15) is 9.89 Å². The minimum atomic E-state index is -1.29. The monoisotopic (exact) mass is 653 g/mol. The van der Waals surface area contributed by atoms with Crippen molar-refractivity contribution in [3.05, 3.63) is 47.0 Å². The van der Waals surface area contributed by atoms with Gasteiger partial charge in [0.2, 0.25) is 17.4 Å². The summed E-state index contributed by atoms with van der Waals surface area (Å²) >= 11 is 0. The number of allylic oxidation sites excluding steroid dienone is 2. The number of hydrogen-bond acceptors (Lipinski definition) is 12. The summed E-state index contributed by atoms with van der Waals surface area (Å²) in [7, 11) is 1.51. The zero-order valence-corrected chi connectivity index (χ0v) is 26.3. The number of ether oxygens (including phenoxy) is 4. The summed E-state index contributed by atoms with van der Waals surface area (Å²) in [4.78, 5) is 35.6. The van der Waals surface area contributed by atoms with E-state index in [9.17, 15) is 24.9 Å². The summed E-state index contributed by atoms with van der Waals surface area (Å²) in [5.74, 6) is -0.165. The Bertz CT molecular complexity index is 1660. The van der Waals surface area contributed by atoms with E-state index in [1.807, 2.05) is 12.3 Å². The lowest BCUT2D eigenvalue weighted by atomic mass is 9.88. The number of aliphatic hydroxyl groups is 3. The van der Waals surface area contributed by atoms with Crippen LogP contribution in [0.25, 0.3) is 5.57 Å². The maximum absolute atomic E-state index is 13.0. The number of benzene rings is 1. The van der Waals surface area contributed by atoms with Gasteiger partial charge in [0.15, 0.2) is 6.67 Å². The molecule has 5 atom stereocenters. The van der Waals surface area contributed by atoms with Crippen molar-refractivity contribution in [1.82, 2.24) is 10.6 Å². The van der Waals surface area contributed by atoms with Gasteiger partial charge >= 0.3 is 12.3 Å². The van der Waals surface area contributed by atoms with Crippen LogP contribution in [0.2, 0.25) is 0 Å². The molecule has 0 saturated heterocycles. The topological polar surface area (TPSA) is 213 Å². The number of rotatable bonds is 11. The minimum absolute atomic E-state index is 0.0786. The van der Waals surface area contributed by atoms with Crippen LogP contribution in [0, 0.1) is 5.41 Å². The van der Waals surface area contributed by atoms with Crippen LogP contribution in [0.3, 0.4) is 0 Å². The van der Waals surface area contributed by atoms with Gasteiger partial charge in [0, 0.05) is 18.6 Å². The summed E-state index contributed by atoms with van der Waals surface area (Å²) in [5, 5.41) is 44.8. The normalized spacial score (nSPS) is 26.1. The van der Waals surface area contributed by atoms with Gasteiger partial charge in [-0.1, -0.05) is 0 Å². The molecule has 0 spiro atoms. The molecule has 1 aromatic carbocycles. The van der Waals surface area contributed by atoms with E-state index >= 15 is 0 Å². The molecule has 47 heavy (non-hydrogen) atoms. The highest BCUT2D eigenvalue weighted by Crippen LogP contribution is 2.53. The summed E-state index contributed by atoms with van der Waals surface area (Å²) in [5.41, 5.74) is 0.944. The number of amidine groups is 1. The van der Waals surface area contributed by atoms with Crippen LogP contribution >= 0.6 is 0 Å². The van der Waals surface area contributed by atoms with Crippen molar-refractivity contribution in [1.29, 1.82) is 5.41 Å². The lowest BCUT2D eigenvalue weighted by molar-refractivity contribution is -1.05. The molecule has 250 valence electrons. The number of aliphatic hydroxyl groups excluding tert-OH is 2. The average Bonchev–Trinajstić information content (AvgIpc) is 3.80. The van der Waals surface area contributed by atoms with E-state index < -0.39 is 30.2 Å². The van der Waals surface area contributed by atoms with Gasteiger partial charge in [-0.3, -0.25) is 20.8 Å². The van der Waals surface area contributed by atoms with E-state index in [0.717, 1.165) is 9.80 Å². The third kappa shape index (κ3) is 5.78. The smallest absolute Gasteiger partial charge is 0.374 e. The number of carbonyl (C=O) groups excluding carboxylic acids is 2. The number of amides is 1. The van der Waals surface area contributed by atoms with E-state index in [1.165, 1.54) is 7.11 Å². The molecule has 16 heteroatoms. The number of esters is 1. The van der Waals surface area contributed by atoms with Gasteiger partial charge in [-0.05, 0) is 44.4 Å². The van der Waals surface area contributed by atoms with Crippen LogP contribution in [0.4, 0.5) is 0 Å². The molecule has 1 amide bonds. The van der Waals surface area contributed by atoms with E-state index in [4.69, 9.17) is 24.4 Å². The highest BCUT2D eigenvalue weighted by Gasteiger charge is 2.47. The molecule has 5 aliphatic heterocycles.